The van der Waals surface area contributed by atoms with Gasteiger partial charge in [0.25, 0.3) is 0 Å². The van der Waals surface area contributed by atoms with Crippen LogP contribution in [0.15, 0.2) is 48.1 Å². The van der Waals surface area contributed by atoms with Crippen LogP contribution in [0, 0.1) is 5.82 Å². The van der Waals surface area contributed by atoms with Crippen molar-refractivity contribution in [3.8, 4) is 0 Å². The smallest absolute Gasteiger partial charge is 0.339 e. The van der Waals surface area contributed by atoms with Crippen LogP contribution in [0.3, 0.4) is 0 Å². The molecule has 0 amide bonds. The highest BCUT2D eigenvalue weighted by Gasteiger charge is 2.27. The number of carboxylic acid groups (broad SMARTS) is 1. The van der Waals surface area contributed by atoms with Gasteiger partial charge in [0.05, 0.1) is 5.92 Å². The summed E-state index contributed by atoms with van der Waals surface area (Å²) in [5.41, 5.74) is 0.335. The molecule has 86 valence electrons. The first-order chi connectivity index (χ1) is 8.09. The molecule has 1 N–H and O–H groups in total. The number of rotatable bonds is 2. The number of carbonyl (C=O) groups is 2. The van der Waals surface area contributed by atoms with Crippen molar-refractivity contribution < 1.29 is 19.1 Å². The first-order valence-electron chi connectivity index (χ1n) is 5.01. The number of hydrogen-bond acceptors (Lipinski definition) is 2. The van der Waals surface area contributed by atoms with Crippen molar-refractivity contribution in [1.82, 2.24) is 0 Å². The molecule has 17 heavy (non-hydrogen) atoms. The van der Waals surface area contributed by atoms with Gasteiger partial charge in [0, 0.05) is 0 Å². The van der Waals surface area contributed by atoms with Gasteiger partial charge in [-0.3, -0.25) is 4.79 Å². The third-order valence-corrected chi connectivity index (χ3v) is 2.57. The Hall–Kier alpha value is -2.23. The molecule has 0 fully saturated rings. The maximum absolute atomic E-state index is 12.7. The van der Waals surface area contributed by atoms with E-state index >= 15 is 0 Å². The van der Waals surface area contributed by atoms with E-state index in [-0.39, 0.29) is 5.57 Å². The summed E-state index contributed by atoms with van der Waals surface area (Å²) in [6.45, 7) is 0. The standard InChI is InChI=1S/C13H9FO3/c14-9-6-4-8(5-7-9)10-2-1-3-11(12(10)15)13(16)17/h1-7,10H,(H,16,17). The normalized spacial score (nSPS) is 19.0. The summed E-state index contributed by atoms with van der Waals surface area (Å²) in [6, 6.07) is 5.45. The monoisotopic (exact) mass is 232 g/mol. The fourth-order valence-electron chi connectivity index (χ4n) is 1.71. The van der Waals surface area contributed by atoms with E-state index in [1.54, 1.807) is 6.08 Å². The lowest BCUT2D eigenvalue weighted by molar-refractivity contribution is -0.134. The van der Waals surface area contributed by atoms with Crippen molar-refractivity contribution in [3.63, 3.8) is 0 Å². The van der Waals surface area contributed by atoms with E-state index in [0.29, 0.717) is 5.56 Å². The number of ketones is 1. The molecule has 1 aliphatic carbocycles. The molecule has 0 spiro atoms. The predicted molar refractivity (Wildman–Crippen MR) is 59.0 cm³/mol. The van der Waals surface area contributed by atoms with E-state index in [9.17, 15) is 14.0 Å². The Bertz CT molecular complexity index is 526. The second kappa shape index (κ2) is 4.33. The molecular weight excluding hydrogens is 223 g/mol. The van der Waals surface area contributed by atoms with Crippen molar-refractivity contribution in [1.29, 1.82) is 0 Å². The van der Waals surface area contributed by atoms with Crippen molar-refractivity contribution in [2.45, 2.75) is 5.92 Å². The summed E-state index contributed by atoms with van der Waals surface area (Å²) < 4.78 is 12.7. The molecule has 1 aliphatic rings. The number of aliphatic carboxylic acids is 1. The molecule has 4 heteroatoms. The zero-order valence-corrected chi connectivity index (χ0v) is 8.76. The van der Waals surface area contributed by atoms with E-state index in [1.807, 2.05) is 0 Å². The Morgan fingerprint density at radius 2 is 1.88 bits per heavy atom. The van der Waals surface area contributed by atoms with E-state index in [2.05, 4.69) is 0 Å². The lowest BCUT2D eigenvalue weighted by Crippen LogP contribution is -2.20. The van der Waals surface area contributed by atoms with E-state index in [4.69, 9.17) is 5.11 Å². The highest BCUT2D eigenvalue weighted by atomic mass is 19.1. The van der Waals surface area contributed by atoms with Gasteiger partial charge in [0.1, 0.15) is 11.4 Å². The molecular formula is C13H9FO3. The summed E-state index contributed by atoms with van der Waals surface area (Å²) in [4.78, 5) is 22.7. The lowest BCUT2D eigenvalue weighted by atomic mass is 9.87. The number of Topliss-reactive ketones (excluding diaryl/α,β-unsaturated/α-hetero) is 1. The van der Waals surface area contributed by atoms with Gasteiger partial charge in [-0.15, -0.1) is 0 Å². The van der Waals surface area contributed by atoms with Gasteiger partial charge in [0.2, 0.25) is 0 Å². The number of allylic oxidation sites excluding steroid dienone is 3. The average Bonchev–Trinajstić information content (AvgIpc) is 2.30. The average molecular weight is 232 g/mol. The zero-order valence-electron chi connectivity index (χ0n) is 8.76. The Morgan fingerprint density at radius 3 is 2.47 bits per heavy atom. The largest absolute Gasteiger partial charge is 0.478 e. The van der Waals surface area contributed by atoms with Crippen LogP contribution >= 0.6 is 0 Å². The molecule has 1 unspecified atom stereocenters. The summed E-state index contributed by atoms with van der Waals surface area (Å²) in [7, 11) is 0. The van der Waals surface area contributed by atoms with Crippen LogP contribution < -0.4 is 0 Å². The van der Waals surface area contributed by atoms with Crippen molar-refractivity contribution in [3.05, 3.63) is 59.4 Å². The number of carbonyl (C=O) groups excluding carboxylic acids is 1. The molecule has 0 radical (unpaired) electrons. The van der Waals surface area contributed by atoms with Crippen LogP contribution in [0.1, 0.15) is 11.5 Å². The first kappa shape index (κ1) is 11.3. The third kappa shape index (κ3) is 2.15. The van der Waals surface area contributed by atoms with Crippen molar-refractivity contribution >= 4 is 11.8 Å². The fourth-order valence-corrected chi connectivity index (χ4v) is 1.71. The molecule has 0 aliphatic heterocycles. The first-order valence-corrected chi connectivity index (χ1v) is 5.01. The van der Waals surface area contributed by atoms with Crippen LogP contribution in [0.5, 0.6) is 0 Å². The number of carboxylic acids is 1. The van der Waals surface area contributed by atoms with Gasteiger partial charge < -0.3 is 5.11 Å². The second-order valence-electron chi connectivity index (χ2n) is 3.66. The fraction of sp³-hybridized carbons (Fsp3) is 0.0769. The highest BCUT2D eigenvalue weighted by Crippen LogP contribution is 2.25. The Morgan fingerprint density at radius 1 is 1.24 bits per heavy atom. The number of hydrogen-bond donors (Lipinski definition) is 1. The summed E-state index contributed by atoms with van der Waals surface area (Å²) in [6.07, 6.45) is 4.39. The van der Waals surface area contributed by atoms with E-state index < -0.39 is 23.5 Å². The van der Waals surface area contributed by atoms with Crippen LogP contribution in [0.25, 0.3) is 0 Å². The minimum absolute atomic E-state index is 0.248. The molecule has 1 atom stereocenters. The third-order valence-electron chi connectivity index (χ3n) is 2.57. The maximum atomic E-state index is 12.7. The molecule has 3 nitrogen and oxygen atoms in total. The van der Waals surface area contributed by atoms with Gasteiger partial charge in [0.15, 0.2) is 5.78 Å². The molecule has 2 rings (SSSR count). The Labute approximate surface area is 96.9 Å². The van der Waals surface area contributed by atoms with Gasteiger partial charge >= 0.3 is 5.97 Å². The molecule has 0 heterocycles. The summed E-state index contributed by atoms with van der Waals surface area (Å²) in [5.74, 6) is -2.76. The molecule has 1 aromatic rings. The predicted octanol–water partition coefficient (Wildman–Crippen LogP) is 2.06. The van der Waals surface area contributed by atoms with Crippen LogP contribution in [0.4, 0.5) is 4.39 Å². The Kier molecular flexibility index (Phi) is 2.87. The zero-order chi connectivity index (χ0) is 12.4. The molecule has 0 aromatic heterocycles. The van der Waals surface area contributed by atoms with Crippen LogP contribution in [-0.2, 0) is 9.59 Å². The van der Waals surface area contributed by atoms with Gasteiger partial charge in [-0.1, -0.05) is 24.3 Å². The quantitative estimate of drug-likeness (QED) is 0.794. The minimum Gasteiger partial charge on any atom is -0.478 e. The molecule has 0 saturated carbocycles. The van der Waals surface area contributed by atoms with Crippen molar-refractivity contribution in [2.24, 2.45) is 0 Å². The van der Waals surface area contributed by atoms with E-state index in [0.717, 1.165) is 0 Å². The molecule has 1 aromatic carbocycles. The molecule has 0 saturated heterocycles. The topological polar surface area (TPSA) is 54.4 Å². The maximum Gasteiger partial charge on any atom is 0.339 e. The molecule has 0 bridgehead atoms. The van der Waals surface area contributed by atoms with Gasteiger partial charge in [-0.25, -0.2) is 9.18 Å². The highest BCUT2D eigenvalue weighted by molar-refractivity contribution is 6.20. The van der Waals surface area contributed by atoms with Gasteiger partial charge in [-0.05, 0) is 23.8 Å². The van der Waals surface area contributed by atoms with Gasteiger partial charge in [-0.2, -0.15) is 0 Å². The van der Waals surface area contributed by atoms with Crippen molar-refractivity contribution in [2.75, 3.05) is 0 Å². The second-order valence-corrected chi connectivity index (χ2v) is 3.66. The van der Waals surface area contributed by atoms with Crippen LogP contribution in [-0.4, -0.2) is 16.9 Å². The minimum atomic E-state index is -1.24. The SMILES string of the molecule is O=C(O)C1=CC=CC(c2ccc(F)cc2)C1=O. The Balaban J connectivity index is 2.34. The lowest BCUT2D eigenvalue weighted by Gasteiger charge is -2.15. The summed E-state index contributed by atoms with van der Waals surface area (Å²) >= 11 is 0. The summed E-state index contributed by atoms with van der Waals surface area (Å²) in [5, 5.41) is 8.83. The van der Waals surface area contributed by atoms with Crippen LogP contribution in [0.2, 0.25) is 0 Å². The number of benzene rings is 1. The van der Waals surface area contributed by atoms with E-state index in [1.165, 1.54) is 36.4 Å². The number of halogens is 1.